The third-order valence-corrected chi connectivity index (χ3v) is 8.41. The van der Waals surface area contributed by atoms with E-state index in [0.29, 0.717) is 50.3 Å². The van der Waals surface area contributed by atoms with Crippen LogP contribution in [0.1, 0.15) is 62.8 Å². The Bertz CT molecular complexity index is 1270. The smallest absolute Gasteiger partial charge is 0.410 e. The summed E-state index contributed by atoms with van der Waals surface area (Å²) >= 11 is 0. The van der Waals surface area contributed by atoms with Crippen molar-refractivity contribution >= 4 is 11.9 Å². The Morgan fingerprint density at radius 1 is 1.12 bits per heavy atom. The number of carbonyl (C=O) groups is 1. The quantitative estimate of drug-likeness (QED) is 0.513. The maximum Gasteiger partial charge on any atom is 0.410 e. The zero-order valence-electron chi connectivity index (χ0n) is 25.2. The van der Waals surface area contributed by atoms with Crippen molar-refractivity contribution in [2.75, 3.05) is 51.3 Å². The van der Waals surface area contributed by atoms with Crippen molar-refractivity contribution < 1.29 is 14.3 Å². The van der Waals surface area contributed by atoms with Gasteiger partial charge < -0.3 is 24.2 Å². The number of hydrogen-bond donors (Lipinski definition) is 0. The number of aromatic nitrogens is 1. The van der Waals surface area contributed by atoms with Gasteiger partial charge in [-0.2, -0.15) is 10.2 Å². The van der Waals surface area contributed by atoms with Crippen LogP contribution in [0.15, 0.2) is 30.3 Å². The summed E-state index contributed by atoms with van der Waals surface area (Å²) in [6, 6.07) is 13.3. The van der Waals surface area contributed by atoms with Gasteiger partial charge in [0, 0.05) is 56.9 Å². The van der Waals surface area contributed by atoms with Gasteiger partial charge in [0.05, 0.1) is 0 Å². The Balaban J connectivity index is 1.43. The van der Waals surface area contributed by atoms with E-state index in [1.54, 1.807) is 4.90 Å². The molecule has 2 atom stereocenters. The molecule has 5 rings (SSSR count). The summed E-state index contributed by atoms with van der Waals surface area (Å²) in [6.07, 6.45) is 2.78. The Morgan fingerprint density at radius 3 is 2.56 bits per heavy atom. The summed E-state index contributed by atoms with van der Waals surface area (Å²) in [5.41, 5.74) is 3.44. The van der Waals surface area contributed by atoms with E-state index in [2.05, 4.69) is 59.0 Å². The number of nitriles is 1. The van der Waals surface area contributed by atoms with Crippen LogP contribution in [0.4, 0.5) is 10.6 Å². The van der Waals surface area contributed by atoms with Gasteiger partial charge in [-0.25, -0.2) is 4.79 Å². The second-order valence-corrected chi connectivity index (χ2v) is 12.7. The molecule has 41 heavy (non-hydrogen) atoms. The zero-order valence-corrected chi connectivity index (χ0v) is 25.2. The van der Waals surface area contributed by atoms with E-state index in [9.17, 15) is 10.1 Å². The second kappa shape index (κ2) is 12.3. The summed E-state index contributed by atoms with van der Waals surface area (Å²) < 4.78 is 12.0. The first kappa shape index (κ1) is 29.2. The second-order valence-electron chi connectivity index (χ2n) is 12.7. The molecule has 2 saturated heterocycles. The molecule has 0 saturated carbocycles. The summed E-state index contributed by atoms with van der Waals surface area (Å²) in [6.45, 7) is 13.5. The highest BCUT2D eigenvalue weighted by molar-refractivity contribution is 5.69. The van der Waals surface area contributed by atoms with Gasteiger partial charge in [-0.15, -0.1) is 0 Å². The highest BCUT2D eigenvalue weighted by Crippen LogP contribution is 2.37. The van der Waals surface area contributed by atoms with E-state index in [-0.39, 0.29) is 12.1 Å². The van der Waals surface area contributed by atoms with Crippen molar-refractivity contribution in [2.45, 2.75) is 77.7 Å². The SMILES string of the molecule is CC1CN(C(=O)OC(C)(C)C)CCN1c1nc(OCC2CCCN2C)c(C#N)c2c1CCN(Cc1ccccc1)C2. The third kappa shape index (κ3) is 6.77. The predicted molar refractivity (Wildman–Crippen MR) is 159 cm³/mol. The molecule has 3 aliphatic heterocycles. The maximum absolute atomic E-state index is 12.8. The number of carbonyl (C=O) groups excluding carboxylic acids is 1. The average Bonchev–Trinajstić information content (AvgIpc) is 3.35. The molecule has 1 amide bonds. The lowest BCUT2D eigenvalue weighted by atomic mass is 9.95. The molecule has 9 nitrogen and oxygen atoms in total. The van der Waals surface area contributed by atoms with E-state index < -0.39 is 5.60 Å². The van der Waals surface area contributed by atoms with Gasteiger partial charge in [-0.05, 0) is 71.7 Å². The van der Waals surface area contributed by atoms with Crippen molar-refractivity contribution in [3.8, 4) is 11.9 Å². The fourth-order valence-electron chi connectivity index (χ4n) is 6.21. The van der Waals surface area contributed by atoms with Crippen LogP contribution < -0.4 is 9.64 Å². The van der Waals surface area contributed by atoms with Gasteiger partial charge in [-0.1, -0.05) is 30.3 Å². The fraction of sp³-hybridized carbons (Fsp3) is 0.594. The summed E-state index contributed by atoms with van der Waals surface area (Å²) in [7, 11) is 2.13. The number of rotatable bonds is 6. The number of amides is 1. The molecular formula is C32H44N6O3. The molecule has 0 spiro atoms. The molecule has 1 aromatic heterocycles. The minimum Gasteiger partial charge on any atom is -0.475 e. The molecule has 3 aliphatic rings. The van der Waals surface area contributed by atoms with Gasteiger partial charge in [0.1, 0.15) is 29.7 Å². The Kier molecular flexibility index (Phi) is 8.71. The van der Waals surface area contributed by atoms with Gasteiger partial charge in [0.15, 0.2) is 0 Å². The third-order valence-electron chi connectivity index (χ3n) is 8.41. The zero-order chi connectivity index (χ0) is 29.1. The molecule has 0 aliphatic carbocycles. The Morgan fingerprint density at radius 2 is 1.90 bits per heavy atom. The molecule has 9 heteroatoms. The largest absolute Gasteiger partial charge is 0.475 e. The summed E-state index contributed by atoms with van der Waals surface area (Å²) in [4.78, 5) is 26.7. The minimum absolute atomic E-state index is 0.0389. The molecule has 0 bridgehead atoms. The molecule has 0 N–H and O–H groups in total. The van der Waals surface area contributed by atoms with E-state index in [4.69, 9.17) is 14.5 Å². The van der Waals surface area contributed by atoms with Crippen LogP contribution in [0.3, 0.4) is 0 Å². The number of fused-ring (bicyclic) bond motifs is 1. The van der Waals surface area contributed by atoms with E-state index in [0.717, 1.165) is 55.8 Å². The minimum atomic E-state index is -0.531. The number of pyridine rings is 1. The van der Waals surface area contributed by atoms with Crippen molar-refractivity contribution in [3.05, 3.63) is 52.6 Å². The molecule has 0 radical (unpaired) electrons. The van der Waals surface area contributed by atoms with Crippen LogP contribution in [-0.4, -0.2) is 89.8 Å². The summed E-state index contributed by atoms with van der Waals surface area (Å²) in [5.74, 6) is 1.33. The van der Waals surface area contributed by atoms with Gasteiger partial charge in [-0.3, -0.25) is 4.90 Å². The number of hydrogen-bond acceptors (Lipinski definition) is 8. The van der Waals surface area contributed by atoms with Gasteiger partial charge >= 0.3 is 6.09 Å². The Hall–Kier alpha value is -3.35. The van der Waals surface area contributed by atoms with Crippen LogP contribution in [0.5, 0.6) is 5.88 Å². The number of benzene rings is 1. The average molecular weight is 561 g/mol. The van der Waals surface area contributed by atoms with Crippen LogP contribution in [0.25, 0.3) is 0 Å². The number of likely N-dealkylation sites (N-methyl/N-ethyl adjacent to an activating group) is 1. The lowest BCUT2D eigenvalue weighted by Crippen LogP contribution is -2.55. The predicted octanol–water partition coefficient (Wildman–Crippen LogP) is 4.43. The van der Waals surface area contributed by atoms with E-state index in [1.807, 2.05) is 26.8 Å². The highest BCUT2D eigenvalue weighted by Gasteiger charge is 2.35. The van der Waals surface area contributed by atoms with Gasteiger partial charge in [0.25, 0.3) is 0 Å². The first-order valence-electron chi connectivity index (χ1n) is 14.9. The molecule has 1 aromatic carbocycles. The lowest BCUT2D eigenvalue weighted by Gasteiger charge is -2.42. The molecule has 220 valence electrons. The number of piperazine rings is 1. The van der Waals surface area contributed by atoms with Crippen molar-refractivity contribution in [1.82, 2.24) is 19.7 Å². The van der Waals surface area contributed by atoms with E-state index in [1.165, 1.54) is 5.56 Å². The highest BCUT2D eigenvalue weighted by atomic mass is 16.6. The van der Waals surface area contributed by atoms with Crippen LogP contribution in [-0.2, 0) is 24.2 Å². The molecular weight excluding hydrogens is 516 g/mol. The number of ether oxygens (including phenoxy) is 2. The maximum atomic E-state index is 12.8. The number of anilines is 1. The molecule has 2 unspecified atom stereocenters. The number of nitrogens with zero attached hydrogens (tertiary/aromatic N) is 6. The van der Waals surface area contributed by atoms with Crippen LogP contribution in [0.2, 0.25) is 0 Å². The summed E-state index contributed by atoms with van der Waals surface area (Å²) in [5, 5.41) is 10.4. The van der Waals surface area contributed by atoms with E-state index >= 15 is 0 Å². The molecule has 4 heterocycles. The number of likely N-dealkylation sites (tertiary alicyclic amines) is 1. The lowest BCUT2D eigenvalue weighted by molar-refractivity contribution is 0.0218. The monoisotopic (exact) mass is 560 g/mol. The molecule has 2 aromatic rings. The van der Waals surface area contributed by atoms with Gasteiger partial charge in [0.2, 0.25) is 5.88 Å². The van der Waals surface area contributed by atoms with Crippen LogP contribution >= 0.6 is 0 Å². The fourth-order valence-corrected chi connectivity index (χ4v) is 6.21. The Labute approximate surface area is 244 Å². The van der Waals surface area contributed by atoms with Crippen molar-refractivity contribution in [2.24, 2.45) is 0 Å². The van der Waals surface area contributed by atoms with Crippen molar-refractivity contribution in [3.63, 3.8) is 0 Å². The first-order chi connectivity index (χ1) is 19.6. The molecule has 2 fully saturated rings. The normalized spacial score (nSPS) is 21.9. The standard InChI is InChI=1S/C32H44N6O3/c1-23-19-37(31(39)41-32(2,3)4)16-17-38(23)29-26-13-15-36(20-24-10-7-6-8-11-24)21-28(26)27(18-33)30(34-29)40-22-25-12-9-14-35(25)5/h6-8,10-11,23,25H,9,12-17,19-22H2,1-5H3. The van der Waals surface area contributed by atoms with Crippen LogP contribution in [0, 0.1) is 11.3 Å². The topological polar surface area (TPSA) is 85.2 Å². The van der Waals surface area contributed by atoms with Crippen molar-refractivity contribution in [1.29, 1.82) is 5.26 Å². The first-order valence-corrected chi connectivity index (χ1v) is 14.9.